The molecule has 0 radical (unpaired) electrons. The van der Waals surface area contributed by atoms with Crippen molar-refractivity contribution in [3.63, 3.8) is 0 Å². The Hall–Kier alpha value is -2.04. The second kappa shape index (κ2) is 4.00. The fourth-order valence-corrected chi connectivity index (χ4v) is 1.21. The first-order valence-electron chi connectivity index (χ1n) is 4.63. The number of carbonyl (C=O) groups excluding carboxylic acids is 1. The summed E-state index contributed by atoms with van der Waals surface area (Å²) in [5.74, 6) is -0.176. The minimum absolute atomic E-state index is 0.176. The van der Waals surface area contributed by atoms with Crippen LogP contribution in [0.5, 0.6) is 0 Å². The van der Waals surface area contributed by atoms with Crippen molar-refractivity contribution >= 4 is 5.78 Å². The zero-order valence-electron chi connectivity index (χ0n) is 8.29. The van der Waals surface area contributed by atoms with Gasteiger partial charge in [0.15, 0.2) is 0 Å². The normalized spacial score (nSPS) is 10.2. The molecule has 2 aromatic heterocycles. The Morgan fingerprint density at radius 1 is 1.40 bits per heavy atom. The van der Waals surface area contributed by atoms with Gasteiger partial charge in [0.05, 0.1) is 6.33 Å². The number of hydrogen-bond donors (Lipinski definition) is 0. The summed E-state index contributed by atoms with van der Waals surface area (Å²) >= 11 is 0. The molecule has 0 saturated carbocycles. The van der Waals surface area contributed by atoms with Gasteiger partial charge in [-0.25, -0.2) is 15.0 Å². The van der Waals surface area contributed by atoms with Crippen molar-refractivity contribution in [2.24, 2.45) is 0 Å². The van der Waals surface area contributed by atoms with E-state index in [-0.39, 0.29) is 5.78 Å². The maximum atomic E-state index is 11.8. The van der Waals surface area contributed by atoms with E-state index >= 15 is 0 Å². The highest BCUT2D eigenvalue weighted by Crippen LogP contribution is 2.04. The fourth-order valence-electron chi connectivity index (χ4n) is 1.21. The number of rotatable bonds is 3. The number of aromatic nitrogens is 4. The van der Waals surface area contributed by atoms with E-state index in [4.69, 9.17) is 0 Å². The van der Waals surface area contributed by atoms with Crippen LogP contribution in [-0.4, -0.2) is 25.3 Å². The van der Waals surface area contributed by atoms with E-state index in [1.807, 2.05) is 11.5 Å². The van der Waals surface area contributed by atoms with Gasteiger partial charge in [-0.3, -0.25) is 4.79 Å². The highest BCUT2D eigenvalue weighted by molar-refractivity contribution is 6.06. The van der Waals surface area contributed by atoms with Gasteiger partial charge in [-0.15, -0.1) is 0 Å². The lowest BCUT2D eigenvalue weighted by Gasteiger charge is -1.94. The number of imidazole rings is 1. The molecule has 15 heavy (non-hydrogen) atoms. The number of hydrogen-bond acceptors (Lipinski definition) is 4. The van der Waals surface area contributed by atoms with Crippen LogP contribution < -0.4 is 0 Å². The highest BCUT2D eigenvalue weighted by atomic mass is 16.1. The van der Waals surface area contributed by atoms with Gasteiger partial charge in [-0.1, -0.05) is 0 Å². The molecule has 0 saturated heterocycles. The Balaban J connectivity index is 2.29. The SMILES string of the molecule is CCn1cnc(C(=O)c2ccncn2)c1. The molecule has 0 aliphatic rings. The summed E-state index contributed by atoms with van der Waals surface area (Å²) in [7, 11) is 0. The lowest BCUT2D eigenvalue weighted by atomic mass is 10.2. The predicted molar refractivity (Wildman–Crippen MR) is 53.4 cm³/mol. The Bertz CT molecular complexity index is 463. The van der Waals surface area contributed by atoms with E-state index in [9.17, 15) is 4.79 Å². The van der Waals surface area contributed by atoms with Gasteiger partial charge in [0.2, 0.25) is 5.78 Å². The molecule has 0 aliphatic heterocycles. The van der Waals surface area contributed by atoms with Crippen LogP contribution in [0.15, 0.2) is 31.1 Å². The molecule has 0 atom stereocenters. The van der Waals surface area contributed by atoms with Gasteiger partial charge < -0.3 is 4.57 Å². The standard InChI is InChI=1S/C10H10N4O/c1-2-14-5-9(13-7-14)10(15)8-3-4-11-6-12-8/h3-7H,2H2,1H3. The maximum Gasteiger partial charge on any atom is 0.231 e. The molecule has 5 heteroatoms. The quantitative estimate of drug-likeness (QED) is 0.694. The van der Waals surface area contributed by atoms with Crippen molar-refractivity contribution in [1.29, 1.82) is 0 Å². The molecule has 0 aliphatic carbocycles. The molecule has 2 heterocycles. The first-order valence-corrected chi connectivity index (χ1v) is 4.63. The number of aryl methyl sites for hydroxylation is 1. The third-order valence-electron chi connectivity index (χ3n) is 2.05. The maximum absolute atomic E-state index is 11.8. The molecular weight excluding hydrogens is 192 g/mol. The van der Waals surface area contributed by atoms with Crippen molar-refractivity contribution in [2.75, 3.05) is 0 Å². The molecular formula is C10H10N4O. The molecule has 0 N–H and O–H groups in total. The molecule has 0 unspecified atom stereocenters. The third-order valence-corrected chi connectivity index (χ3v) is 2.05. The minimum Gasteiger partial charge on any atom is -0.337 e. The van der Waals surface area contributed by atoms with Gasteiger partial charge in [-0.2, -0.15) is 0 Å². The van der Waals surface area contributed by atoms with Crippen LogP contribution in [-0.2, 0) is 6.54 Å². The lowest BCUT2D eigenvalue weighted by molar-refractivity contribution is 0.103. The van der Waals surface area contributed by atoms with E-state index in [0.29, 0.717) is 11.4 Å². The zero-order valence-corrected chi connectivity index (χ0v) is 8.29. The predicted octanol–water partition coefficient (Wildman–Crippen LogP) is 0.924. The number of carbonyl (C=O) groups is 1. The molecule has 0 amide bonds. The van der Waals surface area contributed by atoms with Crippen LogP contribution in [0.25, 0.3) is 0 Å². The van der Waals surface area contributed by atoms with Gasteiger partial charge in [-0.05, 0) is 13.0 Å². The lowest BCUT2D eigenvalue weighted by Crippen LogP contribution is -2.04. The molecule has 0 bridgehead atoms. The van der Waals surface area contributed by atoms with Crippen LogP contribution in [0, 0.1) is 0 Å². The molecule has 2 rings (SSSR count). The van der Waals surface area contributed by atoms with Gasteiger partial charge in [0.1, 0.15) is 17.7 Å². The van der Waals surface area contributed by atoms with E-state index in [1.165, 1.54) is 12.5 Å². The van der Waals surface area contributed by atoms with Gasteiger partial charge in [0.25, 0.3) is 0 Å². The van der Waals surface area contributed by atoms with Crippen LogP contribution in [0.1, 0.15) is 23.1 Å². The van der Waals surface area contributed by atoms with E-state index in [1.54, 1.807) is 18.6 Å². The Kier molecular flexibility index (Phi) is 2.53. The summed E-state index contributed by atoms with van der Waals surface area (Å²) in [4.78, 5) is 23.5. The second-order valence-corrected chi connectivity index (χ2v) is 3.01. The number of nitrogens with zero attached hydrogens (tertiary/aromatic N) is 4. The smallest absolute Gasteiger partial charge is 0.231 e. The van der Waals surface area contributed by atoms with Crippen molar-refractivity contribution in [2.45, 2.75) is 13.5 Å². The Morgan fingerprint density at radius 2 is 2.27 bits per heavy atom. The minimum atomic E-state index is -0.176. The topological polar surface area (TPSA) is 60.7 Å². The Morgan fingerprint density at radius 3 is 2.87 bits per heavy atom. The molecule has 5 nitrogen and oxygen atoms in total. The second-order valence-electron chi connectivity index (χ2n) is 3.01. The summed E-state index contributed by atoms with van der Waals surface area (Å²) in [6.07, 6.45) is 6.24. The van der Waals surface area contributed by atoms with Crippen molar-refractivity contribution < 1.29 is 4.79 Å². The summed E-state index contributed by atoms with van der Waals surface area (Å²) in [6, 6.07) is 1.58. The van der Waals surface area contributed by atoms with Crippen LogP contribution in [0.4, 0.5) is 0 Å². The zero-order chi connectivity index (χ0) is 10.7. The van der Waals surface area contributed by atoms with E-state index in [0.717, 1.165) is 6.54 Å². The van der Waals surface area contributed by atoms with Crippen molar-refractivity contribution in [3.8, 4) is 0 Å². The third kappa shape index (κ3) is 1.90. The van der Waals surface area contributed by atoms with E-state index in [2.05, 4.69) is 15.0 Å². The van der Waals surface area contributed by atoms with Crippen LogP contribution in [0.3, 0.4) is 0 Å². The van der Waals surface area contributed by atoms with Crippen LogP contribution >= 0.6 is 0 Å². The fraction of sp³-hybridized carbons (Fsp3) is 0.200. The van der Waals surface area contributed by atoms with Gasteiger partial charge >= 0.3 is 0 Å². The largest absolute Gasteiger partial charge is 0.337 e. The summed E-state index contributed by atoms with van der Waals surface area (Å²) in [6.45, 7) is 2.78. The first kappa shape index (κ1) is 9.51. The summed E-state index contributed by atoms with van der Waals surface area (Å²) < 4.78 is 1.84. The summed E-state index contributed by atoms with van der Waals surface area (Å²) in [5, 5.41) is 0. The van der Waals surface area contributed by atoms with Gasteiger partial charge in [0, 0.05) is 18.9 Å². The molecule has 0 fully saturated rings. The molecule has 76 valence electrons. The van der Waals surface area contributed by atoms with Crippen LogP contribution in [0.2, 0.25) is 0 Å². The monoisotopic (exact) mass is 202 g/mol. The summed E-state index contributed by atoms with van der Waals surface area (Å²) in [5.41, 5.74) is 0.780. The first-order chi connectivity index (χ1) is 7.31. The molecule has 0 spiro atoms. The van der Waals surface area contributed by atoms with Crippen molar-refractivity contribution in [3.05, 3.63) is 42.5 Å². The highest BCUT2D eigenvalue weighted by Gasteiger charge is 2.12. The van der Waals surface area contributed by atoms with E-state index < -0.39 is 0 Å². The van der Waals surface area contributed by atoms with Crippen molar-refractivity contribution in [1.82, 2.24) is 19.5 Å². The molecule has 0 aromatic carbocycles. The average Bonchev–Trinajstić information content (AvgIpc) is 2.78. The Labute approximate surface area is 86.8 Å². The average molecular weight is 202 g/mol. The number of ketones is 1. The molecule has 2 aromatic rings.